The smallest absolute Gasteiger partial charge is 0.244 e. The average Bonchev–Trinajstić information content (AvgIpc) is 2.75. The Morgan fingerprint density at radius 1 is 1.42 bits per heavy atom. The fourth-order valence-corrected chi connectivity index (χ4v) is 2.24. The van der Waals surface area contributed by atoms with Crippen LogP contribution in [0.25, 0.3) is 5.82 Å². The Morgan fingerprint density at radius 3 is 2.84 bits per heavy atom. The van der Waals surface area contributed by atoms with E-state index in [1.54, 1.807) is 10.7 Å². The molecule has 0 fully saturated rings. The number of hydrogen-bond donors (Lipinski definition) is 2. The van der Waals surface area contributed by atoms with E-state index in [1.807, 2.05) is 19.9 Å². The summed E-state index contributed by atoms with van der Waals surface area (Å²) >= 11 is 1.29. The van der Waals surface area contributed by atoms with Gasteiger partial charge in [0, 0.05) is 11.8 Å². The van der Waals surface area contributed by atoms with Crippen LogP contribution in [0.2, 0.25) is 0 Å². The molecule has 2 rings (SSSR count). The zero-order valence-corrected chi connectivity index (χ0v) is 11.4. The summed E-state index contributed by atoms with van der Waals surface area (Å²) in [4.78, 5) is 19.4. The molecule has 2 heterocycles. The van der Waals surface area contributed by atoms with Crippen LogP contribution in [0.1, 0.15) is 11.4 Å². The molecule has 0 aliphatic rings. The zero-order valence-electron chi connectivity index (χ0n) is 10.6. The maximum atomic E-state index is 11.1. The second-order valence-corrected chi connectivity index (χ2v) is 4.91. The van der Waals surface area contributed by atoms with Gasteiger partial charge in [-0.2, -0.15) is 5.10 Å². The van der Waals surface area contributed by atoms with E-state index >= 15 is 0 Å². The van der Waals surface area contributed by atoms with Crippen molar-refractivity contribution in [1.82, 2.24) is 25.2 Å². The highest BCUT2D eigenvalue weighted by molar-refractivity contribution is 7.99. The van der Waals surface area contributed by atoms with Gasteiger partial charge in [0.1, 0.15) is 11.4 Å². The van der Waals surface area contributed by atoms with E-state index in [-0.39, 0.29) is 11.7 Å². The Labute approximate surface area is 114 Å². The van der Waals surface area contributed by atoms with Gasteiger partial charge in [-0.25, -0.2) is 20.5 Å². The van der Waals surface area contributed by atoms with Crippen molar-refractivity contribution in [1.29, 1.82) is 0 Å². The highest BCUT2D eigenvalue weighted by Crippen LogP contribution is 2.17. The maximum absolute atomic E-state index is 11.1. The van der Waals surface area contributed by atoms with Gasteiger partial charge in [-0.15, -0.1) is 0 Å². The lowest BCUT2D eigenvalue weighted by Crippen LogP contribution is -2.31. The molecule has 8 heteroatoms. The SMILES string of the molecule is Cc1cc(C)n(-c2cc(SCC(=O)NN)ncn2)n1. The molecule has 0 aliphatic carbocycles. The van der Waals surface area contributed by atoms with E-state index in [0.29, 0.717) is 10.8 Å². The molecule has 0 saturated carbocycles. The maximum Gasteiger partial charge on any atom is 0.244 e. The molecule has 0 radical (unpaired) electrons. The Bertz CT molecular complexity index is 597. The first kappa shape index (κ1) is 13.5. The summed E-state index contributed by atoms with van der Waals surface area (Å²) in [6.07, 6.45) is 1.45. The van der Waals surface area contributed by atoms with Crippen LogP contribution in [0.15, 0.2) is 23.5 Å². The van der Waals surface area contributed by atoms with Crippen LogP contribution >= 0.6 is 11.8 Å². The number of hydrogen-bond acceptors (Lipinski definition) is 6. The number of thioether (sulfide) groups is 1. The zero-order chi connectivity index (χ0) is 13.8. The molecule has 2 aromatic rings. The van der Waals surface area contributed by atoms with Crippen molar-refractivity contribution < 1.29 is 4.79 Å². The molecule has 0 aromatic carbocycles. The Balaban J connectivity index is 2.19. The second-order valence-electron chi connectivity index (χ2n) is 3.91. The van der Waals surface area contributed by atoms with E-state index < -0.39 is 0 Å². The molecular weight excluding hydrogens is 264 g/mol. The fraction of sp³-hybridized carbons (Fsp3) is 0.273. The summed E-state index contributed by atoms with van der Waals surface area (Å²) in [6.45, 7) is 3.88. The van der Waals surface area contributed by atoms with Gasteiger partial charge in [-0.3, -0.25) is 10.2 Å². The lowest BCUT2D eigenvalue weighted by Gasteiger charge is -2.05. The van der Waals surface area contributed by atoms with E-state index in [4.69, 9.17) is 5.84 Å². The normalized spacial score (nSPS) is 10.5. The largest absolute Gasteiger partial charge is 0.294 e. The molecule has 100 valence electrons. The van der Waals surface area contributed by atoms with Crippen LogP contribution in [0.3, 0.4) is 0 Å². The Hall–Kier alpha value is -1.93. The number of hydrazine groups is 1. The molecule has 0 aliphatic heterocycles. The number of carbonyl (C=O) groups is 1. The number of nitrogens with one attached hydrogen (secondary N) is 1. The lowest BCUT2D eigenvalue weighted by atomic mass is 10.4. The number of rotatable bonds is 4. The summed E-state index contributed by atoms with van der Waals surface area (Å²) in [5.74, 6) is 5.66. The predicted octanol–water partition coefficient (Wildman–Crippen LogP) is 0.361. The van der Waals surface area contributed by atoms with Crippen molar-refractivity contribution in [3.8, 4) is 5.82 Å². The van der Waals surface area contributed by atoms with Crippen molar-refractivity contribution in [2.24, 2.45) is 5.84 Å². The van der Waals surface area contributed by atoms with Gasteiger partial charge in [-0.1, -0.05) is 11.8 Å². The molecule has 7 nitrogen and oxygen atoms in total. The van der Waals surface area contributed by atoms with Crippen LogP contribution in [-0.4, -0.2) is 31.4 Å². The topological polar surface area (TPSA) is 98.7 Å². The predicted molar refractivity (Wildman–Crippen MR) is 71.7 cm³/mol. The fourth-order valence-electron chi connectivity index (χ4n) is 1.57. The van der Waals surface area contributed by atoms with E-state index in [0.717, 1.165) is 11.4 Å². The second kappa shape index (κ2) is 5.81. The van der Waals surface area contributed by atoms with E-state index in [9.17, 15) is 4.79 Å². The molecule has 0 unspecified atom stereocenters. The van der Waals surface area contributed by atoms with Gasteiger partial charge in [0.05, 0.1) is 11.4 Å². The van der Waals surface area contributed by atoms with Crippen LogP contribution in [0, 0.1) is 13.8 Å². The minimum atomic E-state index is -0.253. The first-order chi connectivity index (χ1) is 9.10. The summed E-state index contributed by atoms with van der Waals surface area (Å²) in [5.41, 5.74) is 3.99. The molecule has 2 aromatic heterocycles. The first-order valence-electron chi connectivity index (χ1n) is 5.58. The number of carbonyl (C=O) groups excluding carboxylic acids is 1. The van der Waals surface area contributed by atoms with E-state index in [2.05, 4.69) is 20.5 Å². The van der Waals surface area contributed by atoms with Crippen molar-refractivity contribution >= 4 is 17.7 Å². The summed E-state index contributed by atoms with van der Waals surface area (Å²) in [6, 6.07) is 3.75. The molecule has 0 spiro atoms. The first-order valence-corrected chi connectivity index (χ1v) is 6.56. The van der Waals surface area contributed by atoms with Crippen LogP contribution < -0.4 is 11.3 Å². The van der Waals surface area contributed by atoms with Gasteiger partial charge < -0.3 is 0 Å². The van der Waals surface area contributed by atoms with Crippen molar-refractivity contribution in [3.05, 3.63) is 29.8 Å². The Morgan fingerprint density at radius 2 is 2.21 bits per heavy atom. The lowest BCUT2D eigenvalue weighted by molar-refractivity contribution is -0.118. The molecule has 19 heavy (non-hydrogen) atoms. The van der Waals surface area contributed by atoms with Gasteiger partial charge >= 0.3 is 0 Å². The van der Waals surface area contributed by atoms with Gasteiger partial charge in [0.2, 0.25) is 5.91 Å². The third kappa shape index (κ3) is 3.30. The highest BCUT2D eigenvalue weighted by atomic mass is 32.2. The summed E-state index contributed by atoms with van der Waals surface area (Å²) in [7, 11) is 0. The Kier molecular flexibility index (Phi) is 4.13. The average molecular weight is 278 g/mol. The number of nitrogens with zero attached hydrogens (tertiary/aromatic N) is 4. The standard InChI is InChI=1S/C11H14N6OS/c1-7-3-8(2)17(16-7)9-4-11(14-6-13-9)19-5-10(18)15-12/h3-4,6H,5,12H2,1-2H3,(H,15,18). The van der Waals surface area contributed by atoms with Gasteiger partial charge in [-0.05, 0) is 19.9 Å². The minimum absolute atomic E-state index is 0.212. The summed E-state index contributed by atoms with van der Waals surface area (Å²) in [5, 5.41) is 5.05. The third-order valence-electron chi connectivity index (χ3n) is 2.37. The number of amides is 1. The minimum Gasteiger partial charge on any atom is -0.294 e. The number of nitrogens with two attached hydrogens (primary N) is 1. The quantitative estimate of drug-likeness (QED) is 0.275. The molecule has 0 atom stereocenters. The molecule has 3 N–H and O–H groups in total. The third-order valence-corrected chi connectivity index (χ3v) is 3.29. The molecule has 0 saturated heterocycles. The highest BCUT2D eigenvalue weighted by Gasteiger charge is 2.08. The van der Waals surface area contributed by atoms with Crippen molar-refractivity contribution in [2.45, 2.75) is 18.9 Å². The monoisotopic (exact) mass is 278 g/mol. The number of aromatic nitrogens is 4. The van der Waals surface area contributed by atoms with Gasteiger partial charge in [0.25, 0.3) is 0 Å². The molecule has 1 amide bonds. The van der Waals surface area contributed by atoms with Crippen LogP contribution in [0.4, 0.5) is 0 Å². The number of aryl methyl sites for hydroxylation is 2. The van der Waals surface area contributed by atoms with Crippen LogP contribution in [0.5, 0.6) is 0 Å². The summed E-state index contributed by atoms with van der Waals surface area (Å²) < 4.78 is 1.74. The molecule has 0 bridgehead atoms. The van der Waals surface area contributed by atoms with Gasteiger partial charge in [0.15, 0.2) is 5.82 Å². The van der Waals surface area contributed by atoms with Crippen LogP contribution in [-0.2, 0) is 4.79 Å². The van der Waals surface area contributed by atoms with Crippen molar-refractivity contribution in [3.63, 3.8) is 0 Å². The van der Waals surface area contributed by atoms with E-state index in [1.165, 1.54) is 18.1 Å². The molecular formula is C11H14N6OS. The van der Waals surface area contributed by atoms with Crippen molar-refractivity contribution in [2.75, 3.05) is 5.75 Å².